The largest absolute Gasteiger partial charge is 0.442 e. The molecule has 1 saturated heterocycles. The van der Waals surface area contributed by atoms with Crippen LogP contribution in [0, 0.1) is 6.92 Å². The molecule has 1 aliphatic rings. The smallest absolute Gasteiger partial charge is 0.434 e. The second-order valence-electron chi connectivity index (χ2n) is 6.32. The zero-order valence-electron chi connectivity index (χ0n) is 13.6. The second kappa shape index (κ2) is 6.46. The first-order valence-corrected chi connectivity index (χ1v) is 8.61. The Morgan fingerprint density at radius 1 is 1.26 bits per heavy atom. The molecule has 0 bridgehead atoms. The predicted octanol–water partition coefficient (Wildman–Crippen LogP) is 2.25. The Morgan fingerprint density at radius 3 is 2.43 bits per heavy atom. The maximum Gasteiger partial charge on any atom is 0.434 e. The lowest BCUT2D eigenvalue weighted by atomic mass is 10.2. The lowest BCUT2D eigenvalue weighted by Gasteiger charge is -2.23. The maximum atomic E-state index is 12.2. The molecule has 1 atom stereocenters. The molecule has 0 radical (unpaired) electrons. The summed E-state index contributed by atoms with van der Waals surface area (Å²) in [4.78, 5) is 17.1. The number of nitrogens with zero attached hydrogens (tertiary/aromatic N) is 1. The Bertz CT molecular complexity index is 662. The third-order valence-corrected chi connectivity index (χ3v) is 4.33. The van der Waals surface area contributed by atoms with Gasteiger partial charge in [0.25, 0.3) is 10.1 Å². The van der Waals surface area contributed by atoms with Gasteiger partial charge in [0.2, 0.25) is 0 Å². The highest BCUT2D eigenvalue weighted by molar-refractivity contribution is 7.86. The van der Waals surface area contributed by atoms with E-state index in [0.717, 1.165) is 10.6 Å². The van der Waals surface area contributed by atoms with Gasteiger partial charge < -0.3 is 4.74 Å². The van der Waals surface area contributed by atoms with E-state index >= 15 is 0 Å². The normalized spacial score (nSPS) is 19.0. The Hall–Kier alpha value is -1.64. The molecule has 0 aliphatic carbocycles. The summed E-state index contributed by atoms with van der Waals surface area (Å²) < 4.78 is 34.7. The van der Waals surface area contributed by atoms with Gasteiger partial charge in [0.15, 0.2) is 0 Å². The highest BCUT2D eigenvalue weighted by atomic mass is 32.2. The summed E-state index contributed by atoms with van der Waals surface area (Å²) >= 11 is 0. The number of benzene rings is 1. The Labute approximate surface area is 136 Å². The topological polar surface area (TPSA) is 82.1 Å². The summed E-state index contributed by atoms with van der Waals surface area (Å²) in [5, 5.41) is 0.973. The van der Waals surface area contributed by atoms with E-state index in [0.29, 0.717) is 0 Å². The van der Waals surface area contributed by atoms with E-state index < -0.39 is 27.9 Å². The van der Waals surface area contributed by atoms with Gasteiger partial charge in [-0.1, -0.05) is 17.7 Å². The predicted molar refractivity (Wildman–Crippen MR) is 82.1 cm³/mol. The molecule has 1 aromatic carbocycles. The average molecular weight is 343 g/mol. The minimum atomic E-state index is -3.90. The number of carbonyl (C=O) groups excluding carboxylic acids is 1. The van der Waals surface area contributed by atoms with Crippen molar-refractivity contribution in [3.8, 4) is 0 Å². The van der Waals surface area contributed by atoms with E-state index in [1.807, 2.05) is 6.92 Å². The SMILES string of the molecule is Cc1ccc(S(=O)(=O)OC2CON(C(=O)OC(C)(C)C)C2)cc1. The molecule has 1 unspecified atom stereocenters. The average Bonchev–Trinajstić information content (AvgIpc) is 2.85. The zero-order valence-corrected chi connectivity index (χ0v) is 14.4. The first-order valence-electron chi connectivity index (χ1n) is 7.20. The van der Waals surface area contributed by atoms with E-state index in [-0.39, 0.29) is 18.0 Å². The minimum Gasteiger partial charge on any atom is -0.442 e. The van der Waals surface area contributed by atoms with Crippen LogP contribution >= 0.6 is 0 Å². The van der Waals surface area contributed by atoms with Gasteiger partial charge in [-0.2, -0.15) is 13.5 Å². The van der Waals surface area contributed by atoms with Crippen LogP contribution in [0.15, 0.2) is 29.2 Å². The second-order valence-corrected chi connectivity index (χ2v) is 7.89. The summed E-state index contributed by atoms with van der Waals surface area (Å²) in [5.74, 6) is 0. The van der Waals surface area contributed by atoms with Crippen LogP contribution in [0.4, 0.5) is 4.79 Å². The number of amides is 1. The fourth-order valence-electron chi connectivity index (χ4n) is 1.90. The molecule has 128 valence electrons. The molecular formula is C15H21NO6S. The van der Waals surface area contributed by atoms with Crippen LogP contribution < -0.4 is 0 Å². The van der Waals surface area contributed by atoms with E-state index in [1.165, 1.54) is 12.1 Å². The fourth-order valence-corrected chi connectivity index (χ4v) is 2.96. The van der Waals surface area contributed by atoms with Gasteiger partial charge in [0.05, 0.1) is 11.4 Å². The molecule has 1 heterocycles. The van der Waals surface area contributed by atoms with Crippen molar-refractivity contribution in [1.82, 2.24) is 5.06 Å². The summed E-state index contributed by atoms with van der Waals surface area (Å²) in [6, 6.07) is 6.33. The van der Waals surface area contributed by atoms with Crippen LogP contribution in [-0.4, -0.2) is 44.4 Å². The van der Waals surface area contributed by atoms with Gasteiger partial charge >= 0.3 is 6.09 Å². The molecule has 0 N–H and O–H groups in total. The third kappa shape index (κ3) is 4.92. The number of hydrogen-bond donors (Lipinski definition) is 0. The molecule has 0 spiro atoms. The number of rotatable bonds is 3. The molecular weight excluding hydrogens is 322 g/mol. The van der Waals surface area contributed by atoms with Crippen molar-refractivity contribution in [2.45, 2.75) is 44.3 Å². The molecule has 1 aromatic rings. The first-order chi connectivity index (χ1) is 10.6. The van der Waals surface area contributed by atoms with Crippen LogP contribution in [0.5, 0.6) is 0 Å². The standard InChI is InChI=1S/C15H21NO6S/c1-11-5-7-13(8-6-11)23(18,19)22-12-9-16(20-10-12)14(17)21-15(2,3)4/h5-8,12H,9-10H2,1-4H3. The monoisotopic (exact) mass is 343 g/mol. The Balaban J connectivity index is 1.97. The van der Waals surface area contributed by atoms with Crippen molar-refractivity contribution in [2.75, 3.05) is 13.2 Å². The molecule has 0 aromatic heterocycles. The molecule has 7 nitrogen and oxygen atoms in total. The lowest BCUT2D eigenvalue weighted by molar-refractivity contribution is -0.107. The van der Waals surface area contributed by atoms with Gasteiger partial charge in [-0.25, -0.2) is 4.79 Å². The number of ether oxygens (including phenoxy) is 1. The highest BCUT2D eigenvalue weighted by Gasteiger charge is 2.34. The molecule has 23 heavy (non-hydrogen) atoms. The van der Waals surface area contributed by atoms with Gasteiger partial charge in [-0.15, -0.1) is 0 Å². The minimum absolute atomic E-state index is 0.0139. The molecule has 1 aliphatic heterocycles. The van der Waals surface area contributed by atoms with Crippen LogP contribution in [0.25, 0.3) is 0 Å². The lowest BCUT2D eigenvalue weighted by Crippen LogP contribution is -2.35. The van der Waals surface area contributed by atoms with E-state index in [2.05, 4.69) is 0 Å². The highest BCUT2D eigenvalue weighted by Crippen LogP contribution is 2.20. The number of hydroxylamine groups is 2. The molecule has 1 fully saturated rings. The van der Waals surface area contributed by atoms with Crippen molar-refractivity contribution in [3.63, 3.8) is 0 Å². The number of aryl methyl sites for hydroxylation is 1. The van der Waals surface area contributed by atoms with Crippen molar-refractivity contribution < 1.29 is 27.0 Å². The van der Waals surface area contributed by atoms with Crippen molar-refractivity contribution >= 4 is 16.2 Å². The molecule has 0 saturated carbocycles. The molecule has 1 amide bonds. The van der Waals surface area contributed by atoms with Crippen LogP contribution in [0.3, 0.4) is 0 Å². The van der Waals surface area contributed by atoms with Crippen molar-refractivity contribution in [1.29, 1.82) is 0 Å². The summed E-state index contributed by atoms with van der Waals surface area (Å²) in [6.07, 6.45) is -1.44. The third-order valence-electron chi connectivity index (χ3n) is 2.96. The van der Waals surface area contributed by atoms with Crippen molar-refractivity contribution in [3.05, 3.63) is 29.8 Å². The number of hydrogen-bond acceptors (Lipinski definition) is 6. The number of carbonyl (C=O) groups is 1. The molecule has 2 rings (SSSR count). The van der Waals surface area contributed by atoms with E-state index in [4.69, 9.17) is 13.8 Å². The first kappa shape index (κ1) is 17.7. The quantitative estimate of drug-likeness (QED) is 0.783. The van der Waals surface area contributed by atoms with Gasteiger partial charge in [-0.3, -0.25) is 9.02 Å². The zero-order chi connectivity index (χ0) is 17.3. The summed E-state index contributed by atoms with van der Waals surface area (Å²) in [7, 11) is -3.90. The van der Waals surface area contributed by atoms with E-state index in [9.17, 15) is 13.2 Å². The summed E-state index contributed by atoms with van der Waals surface area (Å²) in [5.41, 5.74) is 0.289. The van der Waals surface area contributed by atoms with Crippen molar-refractivity contribution in [2.24, 2.45) is 0 Å². The Morgan fingerprint density at radius 2 is 1.87 bits per heavy atom. The fraction of sp³-hybridized carbons (Fsp3) is 0.533. The van der Waals surface area contributed by atoms with Gasteiger partial charge in [0.1, 0.15) is 18.3 Å². The van der Waals surface area contributed by atoms with Gasteiger partial charge in [0, 0.05) is 0 Å². The Kier molecular flexibility index (Phi) is 4.98. The van der Waals surface area contributed by atoms with Crippen LogP contribution in [0.2, 0.25) is 0 Å². The van der Waals surface area contributed by atoms with Gasteiger partial charge in [-0.05, 0) is 39.8 Å². The summed E-state index contributed by atoms with van der Waals surface area (Å²) in [6.45, 7) is 7.01. The van der Waals surface area contributed by atoms with E-state index in [1.54, 1.807) is 32.9 Å². The van der Waals surface area contributed by atoms with Crippen LogP contribution in [0.1, 0.15) is 26.3 Å². The maximum absolute atomic E-state index is 12.2. The van der Waals surface area contributed by atoms with Crippen LogP contribution in [-0.2, 0) is 23.9 Å². The molecule has 8 heteroatoms.